The van der Waals surface area contributed by atoms with Crippen LogP contribution < -0.4 is 4.74 Å². The van der Waals surface area contributed by atoms with E-state index in [4.69, 9.17) is 4.74 Å². The standard InChI is InChI=1S/C22H33F3O/c1-2-3-4-5-6-17-26-21-13-11-20(12-14-21)19-9-7-18(8-10-19)15-16-22(23,24)25/h11-14,18-19H,2-10,15-17H2,1H3. The molecule has 0 heterocycles. The SMILES string of the molecule is CCCCCCCOc1ccc(C2CCC(CCC(F)(F)F)CC2)cc1. The highest BCUT2D eigenvalue weighted by molar-refractivity contribution is 5.29. The molecule has 1 nitrogen and oxygen atoms in total. The highest BCUT2D eigenvalue weighted by atomic mass is 19.4. The molecular weight excluding hydrogens is 337 g/mol. The smallest absolute Gasteiger partial charge is 0.389 e. The summed E-state index contributed by atoms with van der Waals surface area (Å²) in [5, 5.41) is 0. The van der Waals surface area contributed by atoms with Gasteiger partial charge in [-0.25, -0.2) is 0 Å². The summed E-state index contributed by atoms with van der Waals surface area (Å²) in [5.41, 5.74) is 1.30. The summed E-state index contributed by atoms with van der Waals surface area (Å²) in [6, 6.07) is 8.34. The number of halogens is 3. The van der Waals surface area contributed by atoms with Crippen molar-refractivity contribution in [2.24, 2.45) is 5.92 Å². The Hall–Kier alpha value is -1.19. The van der Waals surface area contributed by atoms with Gasteiger partial charge in [0.1, 0.15) is 5.75 Å². The average molecular weight is 370 g/mol. The second-order valence-corrected chi connectivity index (χ2v) is 7.70. The van der Waals surface area contributed by atoms with Gasteiger partial charge in [0.05, 0.1) is 6.61 Å². The normalized spacial score (nSPS) is 20.9. The van der Waals surface area contributed by atoms with Crippen molar-refractivity contribution in [3.8, 4) is 5.75 Å². The molecule has 4 heteroatoms. The number of hydrogen-bond donors (Lipinski definition) is 0. The van der Waals surface area contributed by atoms with E-state index >= 15 is 0 Å². The van der Waals surface area contributed by atoms with Crippen molar-refractivity contribution in [1.29, 1.82) is 0 Å². The zero-order chi connectivity index (χ0) is 18.8. The Balaban J connectivity index is 1.67. The van der Waals surface area contributed by atoms with Gasteiger partial charge in [-0.1, -0.05) is 44.7 Å². The van der Waals surface area contributed by atoms with Crippen molar-refractivity contribution in [1.82, 2.24) is 0 Å². The van der Waals surface area contributed by atoms with Gasteiger partial charge in [0.2, 0.25) is 0 Å². The third-order valence-corrected chi connectivity index (χ3v) is 5.55. The van der Waals surface area contributed by atoms with E-state index < -0.39 is 12.6 Å². The van der Waals surface area contributed by atoms with Gasteiger partial charge in [0.15, 0.2) is 0 Å². The molecule has 0 saturated heterocycles. The molecule has 0 bridgehead atoms. The zero-order valence-electron chi connectivity index (χ0n) is 16.0. The Morgan fingerprint density at radius 3 is 2.19 bits per heavy atom. The second kappa shape index (κ2) is 10.8. The first-order valence-electron chi connectivity index (χ1n) is 10.3. The average Bonchev–Trinajstić information content (AvgIpc) is 2.63. The quantitative estimate of drug-likeness (QED) is 0.384. The molecule has 0 spiro atoms. The topological polar surface area (TPSA) is 9.23 Å². The fourth-order valence-corrected chi connectivity index (χ4v) is 3.88. The summed E-state index contributed by atoms with van der Waals surface area (Å²) in [7, 11) is 0. The minimum absolute atomic E-state index is 0.239. The monoisotopic (exact) mass is 370 g/mol. The Morgan fingerprint density at radius 2 is 1.58 bits per heavy atom. The molecule has 1 aromatic carbocycles. The van der Waals surface area contributed by atoms with Crippen molar-refractivity contribution in [2.75, 3.05) is 6.61 Å². The van der Waals surface area contributed by atoms with Crippen LogP contribution in [0.25, 0.3) is 0 Å². The molecule has 1 saturated carbocycles. The zero-order valence-corrected chi connectivity index (χ0v) is 16.0. The van der Waals surface area contributed by atoms with Gasteiger partial charge in [-0.3, -0.25) is 0 Å². The summed E-state index contributed by atoms with van der Waals surface area (Å²) in [5.74, 6) is 1.64. The van der Waals surface area contributed by atoms with Gasteiger partial charge in [-0.15, -0.1) is 0 Å². The summed E-state index contributed by atoms with van der Waals surface area (Å²) in [4.78, 5) is 0. The van der Waals surface area contributed by atoms with E-state index in [-0.39, 0.29) is 5.92 Å². The molecule has 1 fully saturated rings. The van der Waals surface area contributed by atoms with Crippen LogP contribution >= 0.6 is 0 Å². The van der Waals surface area contributed by atoms with E-state index in [9.17, 15) is 13.2 Å². The number of unbranched alkanes of at least 4 members (excludes halogenated alkanes) is 4. The van der Waals surface area contributed by atoms with Crippen molar-refractivity contribution >= 4 is 0 Å². The highest BCUT2D eigenvalue weighted by Crippen LogP contribution is 2.39. The molecular formula is C22H33F3O. The number of alkyl halides is 3. The Labute approximate surface area is 156 Å². The van der Waals surface area contributed by atoms with Crippen LogP contribution in [0.2, 0.25) is 0 Å². The van der Waals surface area contributed by atoms with Crippen molar-refractivity contribution in [3.63, 3.8) is 0 Å². The van der Waals surface area contributed by atoms with E-state index in [2.05, 4.69) is 19.1 Å². The third-order valence-electron chi connectivity index (χ3n) is 5.55. The maximum atomic E-state index is 12.3. The predicted molar refractivity (Wildman–Crippen MR) is 101 cm³/mol. The molecule has 0 unspecified atom stereocenters. The van der Waals surface area contributed by atoms with E-state index in [0.717, 1.165) is 44.5 Å². The lowest BCUT2D eigenvalue weighted by atomic mass is 9.77. The molecule has 0 N–H and O–H groups in total. The number of benzene rings is 1. The maximum absolute atomic E-state index is 12.3. The lowest BCUT2D eigenvalue weighted by molar-refractivity contribution is -0.138. The van der Waals surface area contributed by atoms with Crippen LogP contribution in [-0.4, -0.2) is 12.8 Å². The molecule has 0 radical (unpaired) electrons. The maximum Gasteiger partial charge on any atom is 0.389 e. The van der Waals surface area contributed by atoms with E-state index in [1.54, 1.807) is 0 Å². The summed E-state index contributed by atoms with van der Waals surface area (Å²) in [6.07, 6.45) is 5.64. The fraction of sp³-hybridized carbons (Fsp3) is 0.727. The lowest BCUT2D eigenvalue weighted by Gasteiger charge is -2.29. The minimum atomic E-state index is -4.01. The Kier molecular flexibility index (Phi) is 8.80. The van der Waals surface area contributed by atoms with E-state index in [1.165, 1.54) is 31.2 Å². The number of hydrogen-bond acceptors (Lipinski definition) is 1. The van der Waals surface area contributed by atoms with E-state index in [0.29, 0.717) is 12.3 Å². The van der Waals surface area contributed by atoms with Crippen LogP contribution in [0, 0.1) is 5.92 Å². The predicted octanol–water partition coefficient (Wildman–Crippen LogP) is 7.65. The van der Waals surface area contributed by atoms with Gasteiger partial charge in [0, 0.05) is 6.42 Å². The van der Waals surface area contributed by atoms with Gasteiger partial charge in [0.25, 0.3) is 0 Å². The molecule has 1 aliphatic carbocycles. The summed E-state index contributed by atoms with van der Waals surface area (Å²) in [6.45, 7) is 2.99. The first kappa shape index (κ1) is 21.1. The minimum Gasteiger partial charge on any atom is -0.494 e. The van der Waals surface area contributed by atoms with Crippen LogP contribution in [0.3, 0.4) is 0 Å². The van der Waals surface area contributed by atoms with Gasteiger partial charge in [-0.2, -0.15) is 13.2 Å². The second-order valence-electron chi connectivity index (χ2n) is 7.70. The fourth-order valence-electron chi connectivity index (χ4n) is 3.88. The summed E-state index contributed by atoms with van der Waals surface area (Å²) >= 11 is 0. The van der Waals surface area contributed by atoms with Gasteiger partial charge < -0.3 is 4.74 Å². The highest BCUT2D eigenvalue weighted by Gasteiger charge is 2.30. The van der Waals surface area contributed by atoms with Crippen LogP contribution in [0.15, 0.2) is 24.3 Å². The van der Waals surface area contributed by atoms with Crippen molar-refractivity contribution < 1.29 is 17.9 Å². The molecule has 0 atom stereocenters. The van der Waals surface area contributed by atoms with Gasteiger partial charge in [-0.05, 0) is 68.1 Å². The van der Waals surface area contributed by atoms with Crippen LogP contribution in [-0.2, 0) is 0 Å². The number of rotatable bonds is 10. The Morgan fingerprint density at radius 1 is 0.923 bits per heavy atom. The van der Waals surface area contributed by atoms with Crippen LogP contribution in [0.5, 0.6) is 5.75 Å². The lowest BCUT2D eigenvalue weighted by Crippen LogP contribution is -2.16. The van der Waals surface area contributed by atoms with Crippen LogP contribution in [0.1, 0.15) is 89.0 Å². The first-order chi connectivity index (χ1) is 12.5. The Bertz CT molecular complexity index is 487. The third kappa shape index (κ3) is 8.01. The molecule has 1 aliphatic rings. The molecule has 0 amide bonds. The molecule has 0 aromatic heterocycles. The molecule has 0 aliphatic heterocycles. The summed E-state index contributed by atoms with van der Waals surface area (Å²) < 4.78 is 42.8. The van der Waals surface area contributed by atoms with Crippen molar-refractivity contribution in [3.05, 3.63) is 29.8 Å². The first-order valence-corrected chi connectivity index (χ1v) is 10.3. The molecule has 1 aromatic rings. The molecule has 2 rings (SSSR count). The number of ether oxygens (including phenoxy) is 1. The van der Waals surface area contributed by atoms with E-state index in [1.807, 2.05) is 12.1 Å². The molecule has 148 valence electrons. The largest absolute Gasteiger partial charge is 0.494 e. The molecule has 26 heavy (non-hydrogen) atoms. The van der Waals surface area contributed by atoms with Gasteiger partial charge >= 0.3 is 6.18 Å². The van der Waals surface area contributed by atoms with Crippen LogP contribution in [0.4, 0.5) is 13.2 Å². The van der Waals surface area contributed by atoms with Crippen molar-refractivity contribution in [2.45, 2.75) is 89.6 Å².